The molecule has 102 valence electrons. The minimum atomic E-state index is -1.01. The van der Waals surface area contributed by atoms with E-state index in [1.807, 2.05) is 51.2 Å². The molecule has 4 heteroatoms. The van der Waals surface area contributed by atoms with Crippen LogP contribution in [-0.4, -0.2) is 20.8 Å². The van der Waals surface area contributed by atoms with Crippen molar-refractivity contribution >= 4 is 22.3 Å². The second kappa shape index (κ2) is 5.90. The number of benzene rings is 1. The van der Waals surface area contributed by atoms with E-state index in [0.29, 0.717) is 6.54 Å². The quantitative estimate of drug-likeness (QED) is 0.874. The molecule has 1 aromatic carbocycles. The van der Waals surface area contributed by atoms with Gasteiger partial charge in [0.05, 0.1) is 5.52 Å². The van der Waals surface area contributed by atoms with Crippen LogP contribution in [0.5, 0.6) is 0 Å². The fourth-order valence-corrected chi connectivity index (χ4v) is 2.59. The maximum absolute atomic E-state index is 11.9. The highest BCUT2D eigenvalue weighted by molar-refractivity contribution is 7.90. The third kappa shape index (κ3) is 3.69. The number of rotatable bonds is 4. The number of nitrogens with zero attached hydrogens (tertiary/aromatic N) is 1. The monoisotopic (exact) mass is 276 g/mol. The highest BCUT2D eigenvalue weighted by atomic mass is 32.2. The summed E-state index contributed by atoms with van der Waals surface area (Å²) in [5.41, 5.74) is 2.25. The fraction of sp³-hybridized carbons (Fsp3) is 0.400. The first-order chi connectivity index (χ1) is 8.98. The molecule has 0 fully saturated rings. The van der Waals surface area contributed by atoms with Gasteiger partial charge in [-0.2, -0.15) is 0 Å². The zero-order valence-electron chi connectivity index (χ0n) is 11.6. The van der Waals surface area contributed by atoms with Crippen molar-refractivity contribution in [3.05, 3.63) is 42.1 Å². The number of hydrogen-bond acceptors (Lipinski definition) is 3. The van der Waals surface area contributed by atoms with E-state index < -0.39 is 11.4 Å². The Morgan fingerprint density at radius 1 is 1.21 bits per heavy atom. The molecule has 0 saturated carbocycles. The summed E-state index contributed by atoms with van der Waals surface area (Å²) >= 11 is -1.01. The lowest BCUT2D eigenvalue weighted by molar-refractivity contribution is 0.544. The van der Waals surface area contributed by atoms with Gasteiger partial charge in [0.1, 0.15) is 4.75 Å². The van der Waals surface area contributed by atoms with Gasteiger partial charge in [0.25, 0.3) is 0 Å². The van der Waals surface area contributed by atoms with E-state index in [1.54, 1.807) is 0 Å². The molecule has 0 aliphatic rings. The molecule has 1 heterocycles. The Kier molecular flexibility index (Phi) is 4.45. The van der Waals surface area contributed by atoms with E-state index in [0.717, 1.165) is 11.9 Å². The second-order valence-electron chi connectivity index (χ2n) is 5.51. The van der Waals surface area contributed by atoms with E-state index >= 15 is 0 Å². The maximum Gasteiger partial charge on any atom is 0.136 e. The van der Waals surface area contributed by atoms with Gasteiger partial charge in [-0.15, -0.1) is 4.72 Å². The average Bonchev–Trinajstić information content (AvgIpc) is 2.38. The topological polar surface area (TPSA) is 48.0 Å². The number of nitrogens with one attached hydrogen (secondary N) is 1. The molecule has 0 amide bonds. The van der Waals surface area contributed by atoms with Gasteiger partial charge in [-0.1, -0.05) is 18.2 Å². The third-order valence-corrected chi connectivity index (χ3v) is 4.50. The summed E-state index contributed by atoms with van der Waals surface area (Å²) < 4.78 is 14.8. The number of hydrogen-bond donors (Lipinski definition) is 1. The summed E-state index contributed by atoms with van der Waals surface area (Å²) in [5, 5.41) is 1.17. The molecule has 1 unspecified atom stereocenters. The number of aromatic nitrogens is 1. The Morgan fingerprint density at radius 2 is 1.95 bits per heavy atom. The SMILES string of the molecule is CC(C)(C)[S+]([O-])NCCc1ccnc2ccccc12. The van der Waals surface area contributed by atoms with Gasteiger partial charge >= 0.3 is 0 Å². The van der Waals surface area contributed by atoms with Crippen LogP contribution in [0.25, 0.3) is 10.9 Å². The molecule has 2 rings (SSSR count). The highest BCUT2D eigenvalue weighted by Crippen LogP contribution is 2.17. The van der Waals surface area contributed by atoms with Gasteiger partial charge in [-0.25, -0.2) is 0 Å². The molecular formula is C15H20N2OS. The molecule has 0 radical (unpaired) electrons. The van der Waals surface area contributed by atoms with Crippen LogP contribution < -0.4 is 4.72 Å². The minimum Gasteiger partial charge on any atom is -0.598 e. The first-order valence-corrected chi connectivity index (χ1v) is 7.61. The maximum atomic E-state index is 11.9. The van der Waals surface area contributed by atoms with Crippen molar-refractivity contribution in [2.45, 2.75) is 31.9 Å². The highest BCUT2D eigenvalue weighted by Gasteiger charge is 2.25. The van der Waals surface area contributed by atoms with Crippen molar-refractivity contribution in [1.82, 2.24) is 9.71 Å². The van der Waals surface area contributed by atoms with Crippen LogP contribution in [0.3, 0.4) is 0 Å². The lowest BCUT2D eigenvalue weighted by atomic mass is 10.1. The average molecular weight is 276 g/mol. The number of fused-ring (bicyclic) bond motifs is 1. The molecule has 0 bridgehead atoms. The van der Waals surface area contributed by atoms with Crippen LogP contribution >= 0.6 is 0 Å². The smallest absolute Gasteiger partial charge is 0.136 e. The standard InChI is InChI=1S/C15H20N2OS/c1-15(2,3)19(18)17-11-9-12-8-10-16-14-7-5-4-6-13(12)14/h4-8,10,17H,9,11H2,1-3H3. The van der Waals surface area contributed by atoms with Crippen LogP contribution in [0, 0.1) is 0 Å². The van der Waals surface area contributed by atoms with Crippen molar-refractivity contribution in [3.63, 3.8) is 0 Å². The largest absolute Gasteiger partial charge is 0.598 e. The van der Waals surface area contributed by atoms with Crippen molar-refractivity contribution < 1.29 is 4.55 Å². The van der Waals surface area contributed by atoms with Crippen molar-refractivity contribution in [2.75, 3.05) is 6.54 Å². The van der Waals surface area contributed by atoms with Crippen LogP contribution in [0.15, 0.2) is 36.5 Å². The Morgan fingerprint density at radius 3 is 2.68 bits per heavy atom. The van der Waals surface area contributed by atoms with E-state index in [-0.39, 0.29) is 4.75 Å². The van der Waals surface area contributed by atoms with E-state index in [4.69, 9.17) is 0 Å². The summed E-state index contributed by atoms with van der Waals surface area (Å²) in [5.74, 6) is 0. The Balaban J connectivity index is 2.03. The van der Waals surface area contributed by atoms with Crippen molar-refractivity contribution in [1.29, 1.82) is 0 Å². The molecule has 0 saturated heterocycles. The molecule has 0 spiro atoms. The van der Waals surface area contributed by atoms with Gasteiger partial charge in [0, 0.05) is 29.5 Å². The second-order valence-corrected chi connectivity index (χ2v) is 7.56. The zero-order chi connectivity index (χ0) is 13.9. The first-order valence-electron chi connectivity index (χ1n) is 6.46. The van der Waals surface area contributed by atoms with Gasteiger partial charge in [-0.05, 0) is 44.9 Å². The van der Waals surface area contributed by atoms with E-state index in [1.165, 1.54) is 10.9 Å². The molecule has 2 aromatic rings. The van der Waals surface area contributed by atoms with Crippen molar-refractivity contribution in [3.8, 4) is 0 Å². The molecule has 1 atom stereocenters. The molecule has 3 nitrogen and oxygen atoms in total. The van der Waals surface area contributed by atoms with Crippen LogP contribution in [0.4, 0.5) is 0 Å². The molecule has 1 N–H and O–H groups in total. The summed E-state index contributed by atoms with van der Waals surface area (Å²) in [6, 6.07) is 10.1. The van der Waals surface area contributed by atoms with E-state index in [9.17, 15) is 4.55 Å². The summed E-state index contributed by atoms with van der Waals surface area (Å²) in [7, 11) is 0. The Hall–Kier alpha value is -1.10. The zero-order valence-corrected chi connectivity index (χ0v) is 12.5. The first kappa shape index (κ1) is 14.3. The number of para-hydroxylation sites is 1. The van der Waals surface area contributed by atoms with Crippen molar-refractivity contribution in [2.24, 2.45) is 0 Å². The molecule has 19 heavy (non-hydrogen) atoms. The van der Waals surface area contributed by atoms with Gasteiger partial charge in [0.2, 0.25) is 0 Å². The van der Waals surface area contributed by atoms with Gasteiger partial charge in [0.15, 0.2) is 0 Å². The summed E-state index contributed by atoms with van der Waals surface area (Å²) in [6.07, 6.45) is 2.68. The van der Waals surface area contributed by atoms with Crippen LogP contribution in [0.2, 0.25) is 0 Å². The Bertz CT molecular complexity index is 546. The molecular weight excluding hydrogens is 256 g/mol. The number of pyridine rings is 1. The fourth-order valence-electron chi connectivity index (χ4n) is 1.87. The molecule has 0 aliphatic heterocycles. The predicted octanol–water partition coefficient (Wildman–Crippen LogP) is 2.83. The van der Waals surface area contributed by atoms with Crippen LogP contribution in [-0.2, 0) is 17.8 Å². The third-order valence-electron chi connectivity index (χ3n) is 2.92. The lowest BCUT2D eigenvalue weighted by Gasteiger charge is -2.23. The van der Waals surface area contributed by atoms with Gasteiger partial charge < -0.3 is 4.55 Å². The van der Waals surface area contributed by atoms with Gasteiger partial charge in [-0.3, -0.25) is 4.98 Å². The molecule has 0 aliphatic carbocycles. The van der Waals surface area contributed by atoms with E-state index in [2.05, 4.69) is 15.8 Å². The summed E-state index contributed by atoms with van der Waals surface area (Å²) in [6.45, 7) is 6.62. The lowest BCUT2D eigenvalue weighted by Crippen LogP contribution is -2.40. The Labute approximate surface area is 117 Å². The molecule has 1 aromatic heterocycles. The predicted molar refractivity (Wildman–Crippen MR) is 81.3 cm³/mol. The van der Waals surface area contributed by atoms with Crippen LogP contribution in [0.1, 0.15) is 26.3 Å². The normalized spacial score (nSPS) is 13.7. The summed E-state index contributed by atoms with van der Waals surface area (Å²) in [4.78, 5) is 4.34. The minimum absolute atomic E-state index is 0.222.